The van der Waals surface area contributed by atoms with E-state index in [0.717, 1.165) is 5.69 Å². The lowest BCUT2D eigenvalue weighted by Crippen LogP contribution is -2.18. The molecule has 0 fully saturated rings. The molecular formula is C12H17ClN2. The molecule has 15 heavy (non-hydrogen) atoms. The highest BCUT2D eigenvalue weighted by molar-refractivity contribution is 5.85. The zero-order chi connectivity index (χ0) is 10.2. The van der Waals surface area contributed by atoms with Crippen LogP contribution in [0.2, 0.25) is 0 Å². The quantitative estimate of drug-likeness (QED) is 0.733. The molecule has 1 aliphatic rings. The summed E-state index contributed by atoms with van der Waals surface area (Å²) in [5.74, 6) is 0. The highest BCUT2D eigenvalue weighted by Gasteiger charge is 1.90. The molecule has 1 aliphatic heterocycles. The Kier molecular flexibility index (Phi) is 7.38. The third-order valence-electron chi connectivity index (χ3n) is 1.78. The summed E-state index contributed by atoms with van der Waals surface area (Å²) in [5, 5.41) is 3.11. The van der Waals surface area contributed by atoms with Crippen molar-refractivity contribution < 1.29 is 0 Å². The number of dihydropyridines is 1. The van der Waals surface area contributed by atoms with Gasteiger partial charge in [0, 0.05) is 17.9 Å². The number of nitrogens with zero attached hydrogens (tertiary/aromatic N) is 1. The predicted octanol–water partition coefficient (Wildman–Crippen LogP) is 2.86. The first kappa shape index (κ1) is 13.7. The maximum Gasteiger partial charge on any atom is 0.0413 e. The number of aryl methyl sites for hydroxylation is 1. The minimum Gasteiger partial charge on any atom is -0.385 e. The van der Waals surface area contributed by atoms with Crippen LogP contribution < -0.4 is 5.32 Å². The van der Waals surface area contributed by atoms with Crippen LogP contribution in [0, 0.1) is 6.92 Å². The minimum absolute atomic E-state index is 0. The highest BCUT2D eigenvalue weighted by atomic mass is 35.5. The second-order valence-corrected chi connectivity index (χ2v) is 3.17. The number of hydrogen-bond donors (Lipinski definition) is 1. The lowest BCUT2D eigenvalue weighted by molar-refractivity contribution is 0.761. The van der Waals surface area contributed by atoms with Crippen LogP contribution in [0.5, 0.6) is 0 Å². The fourth-order valence-electron chi connectivity index (χ4n) is 0.997. The van der Waals surface area contributed by atoms with Crippen molar-refractivity contribution in [2.75, 3.05) is 0 Å². The Morgan fingerprint density at radius 3 is 2.33 bits per heavy atom. The third-order valence-corrected chi connectivity index (χ3v) is 1.78. The molecule has 0 saturated carbocycles. The van der Waals surface area contributed by atoms with Crippen molar-refractivity contribution >= 4 is 12.4 Å². The molecule has 0 aromatic carbocycles. The maximum atomic E-state index is 3.98. The molecule has 0 aliphatic carbocycles. The normalized spacial score (nSPS) is 16.8. The van der Waals surface area contributed by atoms with Crippen LogP contribution in [0.1, 0.15) is 12.6 Å². The lowest BCUT2D eigenvalue weighted by Gasteiger charge is -2.07. The highest BCUT2D eigenvalue weighted by Crippen LogP contribution is 1.90. The molecule has 1 aromatic heterocycles. The number of rotatable bonds is 0. The summed E-state index contributed by atoms with van der Waals surface area (Å²) in [6.07, 6.45) is 9.88. The van der Waals surface area contributed by atoms with Gasteiger partial charge in [0.25, 0.3) is 0 Å². The molecule has 1 atom stereocenters. The first-order valence-corrected chi connectivity index (χ1v) is 4.76. The molecule has 1 unspecified atom stereocenters. The fourth-order valence-corrected chi connectivity index (χ4v) is 0.997. The number of allylic oxidation sites excluding steroid dienone is 2. The van der Waals surface area contributed by atoms with Gasteiger partial charge in [-0.05, 0) is 38.3 Å². The van der Waals surface area contributed by atoms with Crippen molar-refractivity contribution in [2.45, 2.75) is 19.9 Å². The van der Waals surface area contributed by atoms with E-state index in [-0.39, 0.29) is 12.4 Å². The van der Waals surface area contributed by atoms with Crippen LogP contribution in [-0.2, 0) is 0 Å². The molecule has 0 saturated heterocycles. The number of halogens is 1. The van der Waals surface area contributed by atoms with Gasteiger partial charge in [-0.3, -0.25) is 4.98 Å². The Balaban J connectivity index is 0.000000245. The van der Waals surface area contributed by atoms with E-state index in [2.05, 4.69) is 23.3 Å². The predicted molar refractivity (Wildman–Crippen MR) is 67.1 cm³/mol. The molecule has 2 nitrogen and oxygen atoms in total. The van der Waals surface area contributed by atoms with Gasteiger partial charge in [0.1, 0.15) is 0 Å². The van der Waals surface area contributed by atoms with Crippen LogP contribution in [0.25, 0.3) is 0 Å². The van der Waals surface area contributed by atoms with Crippen molar-refractivity contribution in [2.24, 2.45) is 0 Å². The molecule has 0 bridgehead atoms. The molecule has 0 radical (unpaired) electrons. The fraction of sp³-hybridized carbons (Fsp3) is 0.250. The Hall–Kier alpha value is -1.28. The van der Waals surface area contributed by atoms with E-state index in [1.54, 1.807) is 6.20 Å². The van der Waals surface area contributed by atoms with Crippen molar-refractivity contribution in [1.82, 2.24) is 10.3 Å². The summed E-state index contributed by atoms with van der Waals surface area (Å²) in [5.41, 5.74) is 1.07. The third kappa shape index (κ3) is 6.75. The zero-order valence-corrected chi connectivity index (χ0v) is 9.87. The summed E-state index contributed by atoms with van der Waals surface area (Å²) in [4.78, 5) is 3.98. The number of pyridine rings is 1. The van der Waals surface area contributed by atoms with Gasteiger partial charge in [-0.2, -0.15) is 0 Å². The van der Waals surface area contributed by atoms with Gasteiger partial charge in [0.2, 0.25) is 0 Å². The Labute approximate surface area is 97.5 Å². The van der Waals surface area contributed by atoms with Crippen LogP contribution in [-0.4, -0.2) is 11.0 Å². The number of hydrogen-bond acceptors (Lipinski definition) is 2. The molecule has 82 valence electrons. The summed E-state index contributed by atoms with van der Waals surface area (Å²) < 4.78 is 0. The molecule has 2 rings (SSSR count). The van der Waals surface area contributed by atoms with Gasteiger partial charge < -0.3 is 5.32 Å². The van der Waals surface area contributed by atoms with Gasteiger partial charge in [0.15, 0.2) is 0 Å². The van der Waals surface area contributed by atoms with E-state index >= 15 is 0 Å². The Morgan fingerprint density at radius 2 is 2.07 bits per heavy atom. The van der Waals surface area contributed by atoms with Crippen molar-refractivity contribution in [1.29, 1.82) is 0 Å². The van der Waals surface area contributed by atoms with E-state index in [4.69, 9.17) is 0 Å². The first-order chi connectivity index (χ1) is 6.79. The Bertz CT molecular complexity index is 307. The second kappa shape index (κ2) is 8.06. The van der Waals surface area contributed by atoms with E-state index in [1.165, 1.54) is 0 Å². The summed E-state index contributed by atoms with van der Waals surface area (Å²) in [7, 11) is 0. The van der Waals surface area contributed by atoms with Gasteiger partial charge in [-0.25, -0.2) is 0 Å². The monoisotopic (exact) mass is 224 g/mol. The molecule has 1 aromatic rings. The van der Waals surface area contributed by atoms with Crippen LogP contribution in [0.3, 0.4) is 0 Å². The largest absolute Gasteiger partial charge is 0.385 e. The average molecular weight is 225 g/mol. The topological polar surface area (TPSA) is 24.9 Å². The van der Waals surface area contributed by atoms with Gasteiger partial charge in [0.05, 0.1) is 0 Å². The number of aromatic nitrogens is 1. The van der Waals surface area contributed by atoms with Crippen molar-refractivity contribution in [3.63, 3.8) is 0 Å². The van der Waals surface area contributed by atoms with E-state index in [1.807, 2.05) is 43.5 Å². The average Bonchev–Trinajstić information content (AvgIpc) is 2.21. The molecular weight excluding hydrogens is 208 g/mol. The van der Waals surface area contributed by atoms with E-state index < -0.39 is 0 Å². The number of nitrogens with one attached hydrogen (secondary N) is 1. The smallest absolute Gasteiger partial charge is 0.0413 e. The Morgan fingerprint density at radius 1 is 1.27 bits per heavy atom. The first-order valence-electron chi connectivity index (χ1n) is 4.76. The van der Waals surface area contributed by atoms with Gasteiger partial charge in [-0.1, -0.05) is 18.2 Å². The van der Waals surface area contributed by atoms with Crippen LogP contribution >= 0.6 is 12.4 Å². The molecule has 3 heteroatoms. The summed E-state index contributed by atoms with van der Waals surface area (Å²) in [6, 6.07) is 6.38. The minimum atomic E-state index is 0. The molecule has 0 spiro atoms. The molecule has 0 amide bonds. The van der Waals surface area contributed by atoms with Crippen LogP contribution in [0.4, 0.5) is 0 Å². The maximum absolute atomic E-state index is 3.98. The SMILES string of the molecule is CC1C=CC=CN1.Cc1ccccn1.Cl. The lowest BCUT2D eigenvalue weighted by atomic mass is 10.2. The van der Waals surface area contributed by atoms with E-state index in [9.17, 15) is 0 Å². The van der Waals surface area contributed by atoms with Gasteiger partial charge >= 0.3 is 0 Å². The van der Waals surface area contributed by atoms with Crippen molar-refractivity contribution in [3.05, 3.63) is 54.5 Å². The second-order valence-electron chi connectivity index (χ2n) is 3.17. The zero-order valence-electron chi connectivity index (χ0n) is 9.05. The summed E-state index contributed by atoms with van der Waals surface area (Å²) in [6.45, 7) is 4.08. The van der Waals surface area contributed by atoms with E-state index in [0.29, 0.717) is 6.04 Å². The van der Waals surface area contributed by atoms with Crippen molar-refractivity contribution in [3.8, 4) is 0 Å². The molecule has 2 heterocycles. The standard InChI is InChI=1S/C6H9N.C6H7N.ClH/c2*1-6-4-2-3-5-7-6;/h2-7H,1H3;2-5H,1H3;1H. The van der Waals surface area contributed by atoms with Crippen LogP contribution in [0.15, 0.2) is 48.8 Å². The molecule has 1 N–H and O–H groups in total. The summed E-state index contributed by atoms with van der Waals surface area (Å²) >= 11 is 0. The van der Waals surface area contributed by atoms with Gasteiger partial charge in [-0.15, -0.1) is 12.4 Å².